The van der Waals surface area contributed by atoms with Crippen molar-refractivity contribution in [3.63, 3.8) is 0 Å². The fourth-order valence-corrected chi connectivity index (χ4v) is 6.08. The number of anilines is 1. The number of nitrogens with zero attached hydrogens (tertiary/aromatic N) is 2. The topological polar surface area (TPSA) is 84.7 Å². The van der Waals surface area contributed by atoms with E-state index in [1.54, 1.807) is 12.1 Å². The maximum absolute atomic E-state index is 13.3. The van der Waals surface area contributed by atoms with E-state index in [2.05, 4.69) is 10.3 Å². The number of thiazole rings is 1. The van der Waals surface area contributed by atoms with Gasteiger partial charge in [-0.15, -0.1) is 11.3 Å². The molecule has 0 radical (unpaired) electrons. The normalized spacial score (nSPS) is 15.1. The molecule has 0 spiro atoms. The molecule has 1 saturated heterocycles. The number of ether oxygens (including phenoxy) is 1. The van der Waals surface area contributed by atoms with E-state index < -0.39 is 11.8 Å². The first kappa shape index (κ1) is 24.2. The molecule has 7 nitrogen and oxygen atoms in total. The molecule has 0 aliphatic carbocycles. The molecule has 1 fully saturated rings. The van der Waals surface area contributed by atoms with Gasteiger partial charge in [-0.2, -0.15) is 0 Å². The summed E-state index contributed by atoms with van der Waals surface area (Å²) in [5.41, 5.74) is 3.39. The van der Waals surface area contributed by atoms with Gasteiger partial charge in [-0.1, -0.05) is 17.7 Å². The molecule has 1 aliphatic rings. The quantitative estimate of drug-likeness (QED) is 0.187. The molecule has 2 amide bonds. The lowest BCUT2D eigenvalue weighted by molar-refractivity contribution is -0.122. The number of carbonyl (C=O) groups is 2. The molecule has 1 aliphatic heterocycles. The van der Waals surface area contributed by atoms with E-state index in [0.29, 0.717) is 23.1 Å². The number of furan rings is 1. The van der Waals surface area contributed by atoms with Crippen molar-refractivity contribution < 1.29 is 18.7 Å². The zero-order chi connectivity index (χ0) is 25.4. The lowest BCUT2D eigenvalue weighted by Gasteiger charge is -2.30. The Morgan fingerprint density at radius 1 is 1.17 bits per heavy atom. The highest BCUT2D eigenvalue weighted by Crippen LogP contribution is 2.37. The van der Waals surface area contributed by atoms with Crippen LogP contribution in [0.25, 0.3) is 16.3 Å². The summed E-state index contributed by atoms with van der Waals surface area (Å²) in [6, 6.07) is 15.0. The summed E-state index contributed by atoms with van der Waals surface area (Å²) in [7, 11) is 0. The Hall–Kier alpha value is -3.47. The van der Waals surface area contributed by atoms with Gasteiger partial charge >= 0.3 is 0 Å². The Morgan fingerprint density at radius 3 is 2.78 bits per heavy atom. The molecule has 5 rings (SSSR count). The number of nitrogens with one attached hydrogen (secondary N) is 1. The minimum atomic E-state index is -0.562. The number of thiocarbonyl (C=S) groups is 1. The van der Waals surface area contributed by atoms with Crippen LogP contribution in [0, 0.1) is 13.8 Å². The summed E-state index contributed by atoms with van der Waals surface area (Å²) in [6.45, 7) is 6.42. The lowest BCUT2D eigenvalue weighted by atomic mass is 10.1. The van der Waals surface area contributed by atoms with E-state index in [0.717, 1.165) is 31.4 Å². The molecule has 10 heteroatoms. The van der Waals surface area contributed by atoms with Gasteiger partial charge in [0.25, 0.3) is 11.8 Å². The van der Waals surface area contributed by atoms with Crippen LogP contribution >= 0.6 is 35.3 Å². The largest absolute Gasteiger partial charge is 0.494 e. The summed E-state index contributed by atoms with van der Waals surface area (Å²) < 4.78 is 13.3. The van der Waals surface area contributed by atoms with Crippen molar-refractivity contribution in [2.24, 2.45) is 0 Å². The first-order chi connectivity index (χ1) is 17.3. The number of fused-ring (bicyclic) bond motifs is 1. The first-order valence-electron chi connectivity index (χ1n) is 11.1. The van der Waals surface area contributed by atoms with Crippen molar-refractivity contribution in [1.82, 2.24) is 10.3 Å². The predicted molar refractivity (Wildman–Crippen MR) is 146 cm³/mol. The third kappa shape index (κ3) is 4.79. The number of amides is 2. The van der Waals surface area contributed by atoms with Gasteiger partial charge < -0.3 is 9.15 Å². The van der Waals surface area contributed by atoms with Crippen LogP contribution in [0.15, 0.2) is 68.0 Å². The van der Waals surface area contributed by atoms with Crippen molar-refractivity contribution >= 4 is 74.2 Å². The average molecular weight is 536 g/mol. The van der Waals surface area contributed by atoms with Gasteiger partial charge in [0.2, 0.25) is 0 Å². The van der Waals surface area contributed by atoms with E-state index in [-0.39, 0.29) is 10.7 Å². The van der Waals surface area contributed by atoms with E-state index >= 15 is 0 Å². The third-order valence-electron chi connectivity index (χ3n) is 5.42. The number of hydrogen-bond acceptors (Lipinski definition) is 8. The second-order valence-electron chi connectivity index (χ2n) is 8.05. The molecule has 4 aromatic rings. The number of aryl methyl sites for hydroxylation is 2. The van der Waals surface area contributed by atoms with Gasteiger partial charge in [0.05, 0.1) is 22.5 Å². The molecule has 3 heterocycles. The predicted octanol–water partition coefficient (Wildman–Crippen LogP) is 5.89. The molecule has 36 heavy (non-hydrogen) atoms. The first-order valence-corrected chi connectivity index (χ1v) is 13.2. The summed E-state index contributed by atoms with van der Waals surface area (Å²) in [6.07, 6.45) is 1.44. The third-order valence-corrected chi connectivity index (χ3v) is 7.71. The monoisotopic (exact) mass is 535 g/mol. The highest BCUT2D eigenvalue weighted by molar-refractivity contribution is 8.01. The van der Waals surface area contributed by atoms with Crippen molar-refractivity contribution in [3.05, 3.63) is 71.0 Å². The maximum Gasteiger partial charge on any atom is 0.270 e. The van der Waals surface area contributed by atoms with Gasteiger partial charge in [-0.05, 0) is 92.8 Å². The van der Waals surface area contributed by atoms with Crippen LogP contribution < -0.4 is 15.0 Å². The van der Waals surface area contributed by atoms with E-state index in [9.17, 15) is 9.59 Å². The van der Waals surface area contributed by atoms with E-state index in [4.69, 9.17) is 21.4 Å². The molecule has 1 N–H and O–H groups in total. The Labute approximate surface area is 221 Å². The Morgan fingerprint density at radius 2 is 2.00 bits per heavy atom. The fraction of sp³-hybridized carbons (Fsp3) is 0.154. The highest BCUT2D eigenvalue weighted by atomic mass is 32.2. The lowest BCUT2D eigenvalue weighted by Crippen LogP contribution is -2.54. The summed E-state index contributed by atoms with van der Waals surface area (Å²) in [5.74, 6) is 0.122. The van der Waals surface area contributed by atoms with Crippen LogP contribution in [0.4, 0.5) is 5.69 Å². The minimum Gasteiger partial charge on any atom is -0.494 e. The van der Waals surface area contributed by atoms with Crippen molar-refractivity contribution in [3.8, 4) is 5.75 Å². The van der Waals surface area contributed by atoms with Crippen LogP contribution in [-0.4, -0.2) is 28.5 Å². The Kier molecular flexibility index (Phi) is 6.65. The van der Waals surface area contributed by atoms with Gasteiger partial charge in [-0.25, -0.2) is 4.98 Å². The summed E-state index contributed by atoms with van der Waals surface area (Å²) in [4.78, 5) is 31.9. The fourth-order valence-electron chi connectivity index (χ4n) is 3.81. The molecular formula is C26H21N3O4S3. The minimum absolute atomic E-state index is 0.0492. The zero-order valence-electron chi connectivity index (χ0n) is 19.7. The maximum atomic E-state index is 13.3. The Bertz CT molecular complexity index is 1550. The van der Waals surface area contributed by atoms with E-state index in [1.165, 1.54) is 34.1 Å². The smallest absolute Gasteiger partial charge is 0.270 e. The van der Waals surface area contributed by atoms with Gasteiger partial charge in [0, 0.05) is 0 Å². The van der Waals surface area contributed by atoms with Crippen LogP contribution in [0.3, 0.4) is 0 Å². The standard InChI is InChI=1S/C26H21N3O4S3/c1-4-32-16-6-8-19-21(13-16)35-26(27-19)36-22-10-7-17(33-22)12-18-23(30)28-25(34)29(24(18)31)20-9-5-14(2)11-15(20)3/h5-13H,4H2,1-3H3,(H,28,30,34)/b18-12+. The molecular weight excluding hydrogens is 515 g/mol. The summed E-state index contributed by atoms with van der Waals surface area (Å²) >= 11 is 8.21. The van der Waals surface area contributed by atoms with Crippen molar-refractivity contribution in [2.45, 2.75) is 30.2 Å². The summed E-state index contributed by atoms with van der Waals surface area (Å²) in [5, 5.41) is 3.25. The molecule has 0 bridgehead atoms. The van der Waals surface area contributed by atoms with Crippen LogP contribution in [0.5, 0.6) is 5.75 Å². The van der Waals surface area contributed by atoms with Crippen LogP contribution in [0.1, 0.15) is 23.8 Å². The SMILES string of the molecule is CCOc1ccc2nc(Sc3ccc(/C=C4\C(=O)NC(=S)N(c5ccc(C)cc5C)C4=O)o3)sc2c1. The zero-order valence-corrected chi connectivity index (χ0v) is 22.1. The van der Waals surface area contributed by atoms with Gasteiger partial charge in [0.1, 0.15) is 17.1 Å². The number of benzene rings is 2. The molecule has 0 saturated carbocycles. The van der Waals surface area contributed by atoms with Crippen molar-refractivity contribution in [1.29, 1.82) is 0 Å². The van der Waals surface area contributed by atoms with E-state index in [1.807, 2.05) is 57.2 Å². The van der Waals surface area contributed by atoms with Crippen LogP contribution in [-0.2, 0) is 9.59 Å². The molecule has 2 aromatic heterocycles. The Balaban J connectivity index is 1.38. The highest BCUT2D eigenvalue weighted by Gasteiger charge is 2.35. The number of aromatic nitrogens is 1. The second kappa shape index (κ2) is 9.88. The van der Waals surface area contributed by atoms with Gasteiger partial charge in [0.15, 0.2) is 14.5 Å². The number of carbonyl (C=O) groups excluding carboxylic acids is 2. The molecule has 0 unspecified atom stereocenters. The average Bonchev–Trinajstić information content (AvgIpc) is 3.44. The second-order valence-corrected chi connectivity index (χ2v) is 10.7. The number of rotatable bonds is 6. The van der Waals surface area contributed by atoms with Gasteiger partial charge in [-0.3, -0.25) is 19.8 Å². The molecule has 182 valence electrons. The van der Waals surface area contributed by atoms with Crippen molar-refractivity contribution in [2.75, 3.05) is 11.5 Å². The molecule has 2 aromatic carbocycles. The van der Waals surface area contributed by atoms with Crippen LogP contribution in [0.2, 0.25) is 0 Å². The number of hydrogen-bond donors (Lipinski definition) is 1. The molecule has 0 atom stereocenters.